The van der Waals surface area contributed by atoms with E-state index in [-0.39, 0.29) is 0 Å². The number of thiazole rings is 1. The molecule has 7 heteroatoms. The van der Waals surface area contributed by atoms with Crippen LogP contribution < -0.4 is 9.47 Å². The minimum Gasteiger partial charge on any atom is -0.493 e. The van der Waals surface area contributed by atoms with Crippen molar-refractivity contribution in [2.45, 2.75) is 19.8 Å². The van der Waals surface area contributed by atoms with E-state index in [1.165, 1.54) is 11.3 Å². The summed E-state index contributed by atoms with van der Waals surface area (Å²) >= 11 is 1.18. The summed E-state index contributed by atoms with van der Waals surface area (Å²) in [6.45, 7) is 3.46. The van der Waals surface area contributed by atoms with Gasteiger partial charge in [-0.05, 0) is 45.1 Å². The molecular formula is C18H24N2O4S. The first-order valence-corrected chi connectivity index (χ1v) is 8.96. The Morgan fingerprint density at radius 1 is 1.32 bits per heavy atom. The van der Waals surface area contributed by atoms with Crippen molar-refractivity contribution in [2.75, 3.05) is 34.4 Å². The molecule has 1 heterocycles. The van der Waals surface area contributed by atoms with Crippen molar-refractivity contribution in [1.82, 2.24) is 9.88 Å². The van der Waals surface area contributed by atoms with Gasteiger partial charge in [0.2, 0.25) is 0 Å². The minimum atomic E-state index is -0.937. The summed E-state index contributed by atoms with van der Waals surface area (Å²) in [5.74, 6) is 0.358. The molecule has 0 spiro atoms. The highest BCUT2D eigenvalue weighted by Gasteiger charge is 2.18. The fourth-order valence-corrected chi connectivity index (χ4v) is 3.35. The van der Waals surface area contributed by atoms with E-state index in [2.05, 4.69) is 9.88 Å². The van der Waals surface area contributed by atoms with Gasteiger partial charge in [0.15, 0.2) is 11.5 Å². The number of ether oxygens (including phenoxy) is 2. The first kappa shape index (κ1) is 19.2. The lowest BCUT2D eigenvalue weighted by molar-refractivity contribution is 0.0701. The predicted octanol–water partition coefficient (Wildman–Crippen LogP) is 3.41. The van der Waals surface area contributed by atoms with Crippen molar-refractivity contribution in [3.8, 4) is 22.1 Å². The molecule has 0 aliphatic heterocycles. The van der Waals surface area contributed by atoms with E-state index in [0.717, 1.165) is 18.5 Å². The topological polar surface area (TPSA) is 71.9 Å². The maximum absolute atomic E-state index is 11.3. The number of carboxylic acids is 1. The van der Waals surface area contributed by atoms with Gasteiger partial charge in [0.1, 0.15) is 9.88 Å². The molecule has 0 aliphatic carbocycles. The third-order valence-corrected chi connectivity index (χ3v) is 4.78. The molecule has 0 saturated carbocycles. The number of aromatic nitrogens is 1. The van der Waals surface area contributed by atoms with Crippen LogP contribution in [0.4, 0.5) is 0 Å². The minimum absolute atomic E-state index is 0.292. The number of benzene rings is 1. The van der Waals surface area contributed by atoms with Gasteiger partial charge in [-0.25, -0.2) is 9.78 Å². The number of aromatic carboxylic acids is 1. The van der Waals surface area contributed by atoms with Crippen LogP contribution in [0.2, 0.25) is 0 Å². The molecule has 1 aromatic carbocycles. The van der Waals surface area contributed by atoms with Crippen LogP contribution in [0.1, 0.15) is 28.7 Å². The standard InChI is InChI=1S/C18H24N2O4S/c1-5-13-16(18(21)22)25-17(19-13)12-7-8-14(15(11-12)23-4)24-10-6-9-20(2)3/h7-8,11H,5-6,9-10H2,1-4H3,(H,21,22). The van der Waals surface area contributed by atoms with E-state index in [4.69, 9.17) is 9.47 Å². The molecule has 0 saturated heterocycles. The third-order valence-electron chi connectivity index (χ3n) is 3.64. The highest BCUT2D eigenvalue weighted by molar-refractivity contribution is 7.17. The lowest BCUT2D eigenvalue weighted by Crippen LogP contribution is -2.15. The zero-order valence-electron chi connectivity index (χ0n) is 15.0. The van der Waals surface area contributed by atoms with Gasteiger partial charge in [0.25, 0.3) is 0 Å². The van der Waals surface area contributed by atoms with Crippen LogP contribution >= 0.6 is 11.3 Å². The van der Waals surface area contributed by atoms with Crippen LogP contribution in [0.3, 0.4) is 0 Å². The number of hydrogen-bond donors (Lipinski definition) is 1. The van der Waals surface area contributed by atoms with E-state index in [0.29, 0.717) is 40.1 Å². The smallest absolute Gasteiger partial charge is 0.347 e. The largest absolute Gasteiger partial charge is 0.493 e. The summed E-state index contributed by atoms with van der Waals surface area (Å²) in [5.41, 5.74) is 1.43. The number of aryl methyl sites for hydroxylation is 1. The van der Waals surface area contributed by atoms with Crippen molar-refractivity contribution in [3.63, 3.8) is 0 Å². The molecular weight excluding hydrogens is 340 g/mol. The van der Waals surface area contributed by atoms with Crippen molar-refractivity contribution >= 4 is 17.3 Å². The maximum Gasteiger partial charge on any atom is 0.347 e. The maximum atomic E-state index is 11.3. The van der Waals surface area contributed by atoms with Crippen molar-refractivity contribution < 1.29 is 19.4 Å². The number of carbonyl (C=O) groups is 1. The van der Waals surface area contributed by atoms with E-state index < -0.39 is 5.97 Å². The predicted molar refractivity (Wildman–Crippen MR) is 99.1 cm³/mol. The average molecular weight is 364 g/mol. The monoisotopic (exact) mass is 364 g/mol. The van der Waals surface area contributed by atoms with Gasteiger partial charge in [-0.15, -0.1) is 11.3 Å². The molecule has 0 bridgehead atoms. The second-order valence-electron chi connectivity index (χ2n) is 5.82. The van der Waals surface area contributed by atoms with Crippen molar-refractivity contribution in [2.24, 2.45) is 0 Å². The Balaban J connectivity index is 2.19. The SMILES string of the molecule is CCc1nc(-c2ccc(OCCCN(C)C)c(OC)c2)sc1C(=O)O. The Bertz CT molecular complexity index is 728. The van der Waals surface area contributed by atoms with Crippen LogP contribution in [0, 0.1) is 0 Å². The van der Waals surface area contributed by atoms with Gasteiger partial charge in [-0.3, -0.25) is 0 Å². The quantitative estimate of drug-likeness (QED) is 0.688. The summed E-state index contributed by atoms with van der Waals surface area (Å²) in [5, 5.41) is 9.96. The molecule has 25 heavy (non-hydrogen) atoms. The molecule has 2 rings (SSSR count). The molecule has 0 aliphatic rings. The number of methoxy groups -OCH3 is 1. The molecule has 2 aromatic rings. The summed E-state index contributed by atoms with van der Waals surface area (Å²) in [7, 11) is 5.65. The molecule has 0 unspecified atom stereocenters. The second kappa shape index (κ2) is 8.82. The molecule has 136 valence electrons. The Hall–Kier alpha value is -2.12. The first-order valence-electron chi connectivity index (χ1n) is 8.15. The lowest BCUT2D eigenvalue weighted by Gasteiger charge is -2.13. The van der Waals surface area contributed by atoms with Gasteiger partial charge < -0.3 is 19.5 Å². The van der Waals surface area contributed by atoms with E-state index in [9.17, 15) is 9.90 Å². The van der Waals surface area contributed by atoms with E-state index in [1.807, 2.05) is 39.2 Å². The summed E-state index contributed by atoms with van der Waals surface area (Å²) < 4.78 is 11.2. The zero-order valence-corrected chi connectivity index (χ0v) is 15.9. The normalized spacial score (nSPS) is 10.9. The molecule has 6 nitrogen and oxygen atoms in total. The summed E-state index contributed by atoms with van der Waals surface area (Å²) in [6.07, 6.45) is 1.51. The van der Waals surface area contributed by atoms with Gasteiger partial charge in [-0.2, -0.15) is 0 Å². The number of rotatable bonds is 9. The molecule has 0 amide bonds. The molecule has 0 radical (unpaired) electrons. The van der Waals surface area contributed by atoms with E-state index >= 15 is 0 Å². The molecule has 1 aromatic heterocycles. The Labute approximate surface area is 152 Å². The second-order valence-corrected chi connectivity index (χ2v) is 6.82. The number of carboxylic acid groups (broad SMARTS) is 1. The lowest BCUT2D eigenvalue weighted by atomic mass is 10.2. The highest BCUT2D eigenvalue weighted by Crippen LogP contribution is 2.35. The van der Waals surface area contributed by atoms with Crippen molar-refractivity contribution in [1.29, 1.82) is 0 Å². The average Bonchev–Trinajstić information content (AvgIpc) is 3.03. The van der Waals surface area contributed by atoms with Crippen LogP contribution in [0.5, 0.6) is 11.5 Å². The van der Waals surface area contributed by atoms with E-state index in [1.54, 1.807) is 7.11 Å². The van der Waals surface area contributed by atoms with Gasteiger partial charge in [-0.1, -0.05) is 6.92 Å². The number of nitrogens with zero attached hydrogens (tertiary/aromatic N) is 2. The third kappa shape index (κ3) is 4.93. The fourth-order valence-electron chi connectivity index (χ4n) is 2.36. The van der Waals surface area contributed by atoms with Crippen LogP contribution in [-0.2, 0) is 6.42 Å². The Morgan fingerprint density at radius 2 is 2.08 bits per heavy atom. The molecule has 0 fully saturated rings. The summed E-state index contributed by atoms with van der Waals surface area (Å²) in [6, 6.07) is 5.57. The van der Waals surface area contributed by atoms with Gasteiger partial charge in [0.05, 0.1) is 19.4 Å². The van der Waals surface area contributed by atoms with Gasteiger partial charge in [0, 0.05) is 12.1 Å². The highest BCUT2D eigenvalue weighted by atomic mass is 32.1. The Morgan fingerprint density at radius 3 is 2.64 bits per heavy atom. The van der Waals surface area contributed by atoms with Gasteiger partial charge >= 0.3 is 5.97 Å². The summed E-state index contributed by atoms with van der Waals surface area (Å²) in [4.78, 5) is 18.2. The molecule has 1 N–H and O–H groups in total. The zero-order chi connectivity index (χ0) is 18.4. The molecule has 0 atom stereocenters. The number of hydrogen-bond acceptors (Lipinski definition) is 6. The fraction of sp³-hybridized carbons (Fsp3) is 0.444. The van der Waals surface area contributed by atoms with Crippen LogP contribution in [0.25, 0.3) is 10.6 Å². The van der Waals surface area contributed by atoms with Crippen molar-refractivity contribution in [3.05, 3.63) is 28.8 Å². The Kier molecular flexibility index (Phi) is 6.78. The first-order chi connectivity index (χ1) is 12.0. The van der Waals surface area contributed by atoms with Crippen LogP contribution in [-0.4, -0.2) is 55.3 Å². The van der Waals surface area contributed by atoms with Crippen LogP contribution in [0.15, 0.2) is 18.2 Å².